The molecule has 0 saturated heterocycles. The summed E-state index contributed by atoms with van der Waals surface area (Å²) in [4.78, 5) is 16.8. The van der Waals surface area contributed by atoms with Crippen molar-refractivity contribution in [2.45, 2.75) is 33.2 Å². The van der Waals surface area contributed by atoms with Crippen LogP contribution in [-0.2, 0) is 11.2 Å². The number of Topliss-reactive ketones (excluding diaryl/α,β-unsaturated/α-hetero) is 1. The third-order valence-electron chi connectivity index (χ3n) is 3.35. The number of carbonyl (C=O) groups is 1. The standard InChI is InChI=1S/C16H18Cl2N2O/c1-16(2,3)15(21)14(20-7-6-19-10-20)8-11-4-5-12(17)9-13(11)18/h4-7,9-10,14H,8H2,1-3H3. The molecule has 1 heterocycles. The molecule has 0 fully saturated rings. The van der Waals surface area contributed by atoms with E-state index < -0.39 is 5.41 Å². The monoisotopic (exact) mass is 324 g/mol. The van der Waals surface area contributed by atoms with Gasteiger partial charge in [0.1, 0.15) is 0 Å². The molecule has 0 N–H and O–H groups in total. The molecule has 1 unspecified atom stereocenters. The minimum absolute atomic E-state index is 0.145. The molecule has 2 aromatic rings. The van der Waals surface area contributed by atoms with Crippen molar-refractivity contribution < 1.29 is 4.79 Å². The third-order valence-corrected chi connectivity index (χ3v) is 3.94. The lowest BCUT2D eigenvalue weighted by atomic mass is 9.84. The van der Waals surface area contributed by atoms with Gasteiger partial charge in [-0.25, -0.2) is 4.98 Å². The molecule has 0 aliphatic heterocycles. The summed E-state index contributed by atoms with van der Waals surface area (Å²) < 4.78 is 1.83. The fourth-order valence-electron chi connectivity index (χ4n) is 2.18. The number of ketones is 1. The molecule has 0 radical (unpaired) electrons. The second-order valence-corrected chi connectivity index (χ2v) is 6.92. The summed E-state index contributed by atoms with van der Waals surface area (Å²) in [5.41, 5.74) is 0.464. The third kappa shape index (κ3) is 3.86. The van der Waals surface area contributed by atoms with Gasteiger partial charge in [0.05, 0.1) is 12.4 Å². The van der Waals surface area contributed by atoms with E-state index in [9.17, 15) is 4.79 Å². The van der Waals surface area contributed by atoms with Crippen LogP contribution < -0.4 is 0 Å². The summed E-state index contributed by atoms with van der Waals surface area (Å²) in [6.45, 7) is 5.76. The number of imidazole rings is 1. The van der Waals surface area contributed by atoms with E-state index in [4.69, 9.17) is 23.2 Å². The second kappa shape index (κ2) is 6.20. The van der Waals surface area contributed by atoms with Crippen LogP contribution in [-0.4, -0.2) is 15.3 Å². The van der Waals surface area contributed by atoms with Crippen LogP contribution in [0.5, 0.6) is 0 Å². The molecule has 1 aromatic carbocycles. The Balaban J connectivity index is 2.35. The van der Waals surface area contributed by atoms with E-state index in [1.54, 1.807) is 30.9 Å². The first-order valence-corrected chi connectivity index (χ1v) is 7.50. The van der Waals surface area contributed by atoms with Gasteiger partial charge in [0.25, 0.3) is 0 Å². The zero-order valence-electron chi connectivity index (χ0n) is 12.3. The fraction of sp³-hybridized carbons (Fsp3) is 0.375. The molecule has 0 aliphatic carbocycles. The van der Waals surface area contributed by atoms with Crippen molar-refractivity contribution in [2.75, 3.05) is 0 Å². The normalized spacial score (nSPS) is 13.2. The minimum Gasteiger partial charge on any atom is -0.327 e. The van der Waals surface area contributed by atoms with Gasteiger partial charge in [-0.1, -0.05) is 50.0 Å². The van der Waals surface area contributed by atoms with Gasteiger partial charge in [0, 0.05) is 34.3 Å². The van der Waals surface area contributed by atoms with Crippen LogP contribution in [0, 0.1) is 5.41 Å². The molecule has 0 amide bonds. The van der Waals surface area contributed by atoms with Gasteiger partial charge in [-0.15, -0.1) is 0 Å². The van der Waals surface area contributed by atoms with Crippen molar-refractivity contribution in [3.8, 4) is 0 Å². The highest BCUT2D eigenvalue weighted by molar-refractivity contribution is 6.35. The lowest BCUT2D eigenvalue weighted by molar-refractivity contribution is -0.129. The molecule has 0 bridgehead atoms. The Hall–Kier alpha value is -1.32. The predicted octanol–water partition coefficient (Wildman–Crippen LogP) is 4.59. The number of carbonyl (C=O) groups excluding carboxylic acids is 1. The first kappa shape index (κ1) is 16.1. The number of hydrogen-bond acceptors (Lipinski definition) is 2. The van der Waals surface area contributed by atoms with Crippen LogP contribution in [0.15, 0.2) is 36.9 Å². The fourth-order valence-corrected chi connectivity index (χ4v) is 2.67. The Kier molecular flexibility index (Phi) is 4.74. The van der Waals surface area contributed by atoms with Crippen molar-refractivity contribution in [3.63, 3.8) is 0 Å². The van der Waals surface area contributed by atoms with Crippen molar-refractivity contribution in [1.82, 2.24) is 9.55 Å². The maximum atomic E-state index is 12.7. The molecule has 0 aliphatic rings. The molecule has 5 heteroatoms. The van der Waals surface area contributed by atoms with Crippen molar-refractivity contribution in [2.24, 2.45) is 5.41 Å². The lowest BCUT2D eigenvalue weighted by Crippen LogP contribution is -2.31. The van der Waals surface area contributed by atoms with Crippen molar-refractivity contribution >= 4 is 29.0 Å². The molecular weight excluding hydrogens is 307 g/mol. The van der Waals surface area contributed by atoms with Crippen LogP contribution >= 0.6 is 23.2 Å². The smallest absolute Gasteiger partial charge is 0.161 e. The van der Waals surface area contributed by atoms with Crippen LogP contribution in [0.3, 0.4) is 0 Å². The van der Waals surface area contributed by atoms with E-state index in [0.29, 0.717) is 16.5 Å². The first-order valence-electron chi connectivity index (χ1n) is 6.74. The van der Waals surface area contributed by atoms with Crippen molar-refractivity contribution in [3.05, 3.63) is 52.5 Å². The first-order chi connectivity index (χ1) is 9.79. The summed E-state index contributed by atoms with van der Waals surface area (Å²) in [5.74, 6) is 0.145. The Morgan fingerprint density at radius 3 is 2.57 bits per heavy atom. The van der Waals surface area contributed by atoms with E-state index >= 15 is 0 Å². The molecule has 1 atom stereocenters. The van der Waals surface area contributed by atoms with Crippen LogP contribution in [0.25, 0.3) is 0 Å². The average Bonchev–Trinajstić information content (AvgIpc) is 2.90. The Labute approximate surface area is 134 Å². The Bertz CT molecular complexity index is 630. The number of benzene rings is 1. The Morgan fingerprint density at radius 2 is 2.05 bits per heavy atom. The predicted molar refractivity (Wildman–Crippen MR) is 85.9 cm³/mol. The summed E-state index contributed by atoms with van der Waals surface area (Å²) in [5, 5.41) is 1.17. The largest absolute Gasteiger partial charge is 0.327 e. The quantitative estimate of drug-likeness (QED) is 0.824. The molecule has 0 saturated carbocycles. The van der Waals surface area contributed by atoms with E-state index in [2.05, 4.69) is 4.98 Å². The van der Waals surface area contributed by atoms with Crippen LogP contribution in [0.4, 0.5) is 0 Å². The number of aromatic nitrogens is 2. The number of nitrogens with zero attached hydrogens (tertiary/aromatic N) is 2. The van der Waals surface area contributed by atoms with Gasteiger partial charge in [-0.3, -0.25) is 4.79 Å². The lowest BCUT2D eigenvalue weighted by Gasteiger charge is -2.26. The molecule has 1 aromatic heterocycles. The Morgan fingerprint density at radius 1 is 1.33 bits per heavy atom. The van der Waals surface area contributed by atoms with E-state index in [0.717, 1.165) is 5.56 Å². The zero-order valence-corrected chi connectivity index (χ0v) is 13.8. The van der Waals surface area contributed by atoms with Gasteiger partial charge in [-0.05, 0) is 17.7 Å². The number of hydrogen-bond donors (Lipinski definition) is 0. The molecular formula is C16H18Cl2N2O. The maximum absolute atomic E-state index is 12.7. The highest BCUT2D eigenvalue weighted by atomic mass is 35.5. The van der Waals surface area contributed by atoms with Gasteiger partial charge in [-0.2, -0.15) is 0 Å². The molecule has 2 rings (SSSR count). The molecule has 112 valence electrons. The molecule has 0 spiro atoms. The minimum atomic E-state index is -0.437. The zero-order chi connectivity index (χ0) is 15.6. The SMILES string of the molecule is CC(C)(C)C(=O)C(Cc1ccc(Cl)cc1Cl)n1ccnc1. The maximum Gasteiger partial charge on any atom is 0.161 e. The summed E-state index contributed by atoms with van der Waals surface area (Å²) in [7, 11) is 0. The second-order valence-electron chi connectivity index (χ2n) is 6.08. The highest BCUT2D eigenvalue weighted by Gasteiger charge is 2.31. The summed E-state index contributed by atoms with van der Waals surface area (Å²) in [6, 6.07) is 5.02. The molecule has 3 nitrogen and oxygen atoms in total. The van der Waals surface area contributed by atoms with Gasteiger partial charge in [0.2, 0.25) is 0 Å². The topological polar surface area (TPSA) is 34.9 Å². The van der Waals surface area contributed by atoms with E-state index in [1.807, 2.05) is 31.4 Å². The van der Waals surface area contributed by atoms with Gasteiger partial charge >= 0.3 is 0 Å². The molecule has 21 heavy (non-hydrogen) atoms. The summed E-state index contributed by atoms with van der Waals surface area (Å²) in [6.07, 6.45) is 5.66. The van der Waals surface area contributed by atoms with E-state index in [-0.39, 0.29) is 11.8 Å². The highest BCUT2D eigenvalue weighted by Crippen LogP contribution is 2.29. The average molecular weight is 325 g/mol. The van der Waals surface area contributed by atoms with Crippen LogP contribution in [0.2, 0.25) is 10.0 Å². The van der Waals surface area contributed by atoms with E-state index in [1.165, 1.54) is 0 Å². The number of rotatable bonds is 4. The van der Waals surface area contributed by atoms with Crippen molar-refractivity contribution in [1.29, 1.82) is 0 Å². The number of halogens is 2. The van der Waals surface area contributed by atoms with Crippen LogP contribution in [0.1, 0.15) is 32.4 Å². The van der Waals surface area contributed by atoms with Gasteiger partial charge < -0.3 is 4.57 Å². The summed E-state index contributed by atoms with van der Waals surface area (Å²) >= 11 is 12.2. The van der Waals surface area contributed by atoms with Gasteiger partial charge in [0.15, 0.2) is 5.78 Å².